The number of nitrogens with zero attached hydrogens (tertiary/aromatic N) is 7. The zero-order valence-corrected chi connectivity index (χ0v) is 20.6. The number of piperazine rings is 1. The van der Waals surface area contributed by atoms with Crippen LogP contribution in [0.25, 0.3) is 0 Å². The van der Waals surface area contributed by atoms with Crippen LogP contribution in [0, 0.1) is 18.8 Å². The van der Waals surface area contributed by atoms with Crippen LogP contribution in [0.5, 0.6) is 0 Å². The van der Waals surface area contributed by atoms with Gasteiger partial charge < -0.3 is 18.9 Å². The van der Waals surface area contributed by atoms with Crippen molar-refractivity contribution in [3.8, 4) is 0 Å². The summed E-state index contributed by atoms with van der Waals surface area (Å²) >= 11 is 0. The lowest BCUT2D eigenvalue weighted by molar-refractivity contribution is -0.137. The number of hydrogen-bond acceptors (Lipinski definition) is 7. The van der Waals surface area contributed by atoms with E-state index in [9.17, 15) is 9.59 Å². The minimum Gasteiger partial charge on any atom is -0.343 e. The molecule has 4 rings (SSSR count). The number of aromatic nitrogens is 4. The Bertz CT molecular complexity index is 955. The molecule has 2 fully saturated rings. The van der Waals surface area contributed by atoms with Crippen molar-refractivity contribution in [3.05, 3.63) is 29.9 Å². The van der Waals surface area contributed by atoms with Crippen molar-refractivity contribution in [2.45, 2.75) is 59.5 Å². The van der Waals surface area contributed by atoms with Crippen LogP contribution in [0.3, 0.4) is 0 Å². The summed E-state index contributed by atoms with van der Waals surface area (Å²) in [5.74, 6) is 3.05. The molecule has 0 N–H and O–H groups in total. The van der Waals surface area contributed by atoms with Gasteiger partial charge in [-0.3, -0.25) is 14.5 Å². The maximum absolute atomic E-state index is 12.9. The standard InChI is InChI=1S/C24H37N7O3/c1-18-6-9-29(10-7-18)23(32)5-4-22-26-21(27-34-22)17-28-12-14-30(15-13-28)24(33)19(2)16-31-11-8-25-20(31)3/h8,11,18-19H,4-7,9-10,12-17H2,1-3H3. The smallest absolute Gasteiger partial charge is 0.227 e. The van der Waals surface area contributed by atoms with Crippen molar-refractivity contribution >= 4 is 11.8 Å². The molecule has 0 radical (unpaired) electrons. The number of carbonyl (C=O) groups is 2. The molecule has 1 atom stereocenters. The molecule has 2 aromatic rings. The number of piperidine rings is 1. The normalized spacial score (nSPS) is 18.9. The Labute approximate surface area is 201 Å². The lowest BCUT2D eigenvalue weighted by Crippen LogP contribution is -2.50. The lowest BCUT2D eigenvalue weighted by atomic mass is 9.99. The molecule has 1 unspecified atom stereocenters. The number of aryl methyl sites for hydroxylation is 2. The first-order valence-electron chi connectivity index (χ1n) is 12.5. The number of hydrogen-bond donors (Lipinski definition) is 0. The van der Waals surface area contributed by atoms with Crippen LogP contribution in [0.2, 0.25) is 0 Å². The number of imidazole rings is 1. The number of carbonyl (C=O) groups excluding carboxylic acids is 2. The van der Waals surface area contributed by atoms with Gasteiger partial charge in [-0.2, -0.15) is 4.98 Å². The molecular weight excluding hydrogens is 434 g/mol. The van der Waals surface area contributed by atoms with E-state index < -0.39 is 0 Å². The lowest BCUT2D eigenvalue weighted by Gasteiger charge is -2.35. The molecule has 2 aromatic heterocycles. The Morgan fingerprint density at radius 2 is 1.85 bits per heavy atom. The molecule has 0 spiro atoms. The van der Waals surface area contributed by atoms with Crippen LogP contribution in [0.4, 0.5) is 0 Å². The number of likely N-dealkylation sites (tertiary alicyclic amines) is 1. The molecule has 0 aromatic carbocycles. The van der Waals surface area contributed by atoms with Crippen molar-refractivity contribution in [1.82, 2.24) is 34.4 Å². The van der Waals surface area contributed by atoms with Gasteiger partial charge >= 0.3 is 0 Å². The van der Waals surface area contributed by atoms with Gasteiger partial charge in [-0.05, 0) is 25.7 Å². The molecule has 34 heavy (non-hydrogen) atoms. The van der Waals surface area contributed by atoms with Gasteiger partial charge in [0.25, 0.3) is 0 Å². The molecule has 10 nitrogen and oxygen atoms in total. The highest BCUT2D eigenvalue weighted by Gasteiger charge is 2.26. The van der Waals surface area contributed by atoms with E-state index >= 15 is 0 Å². The molecule has 2 saturated heterocycles. The van der Waals surface area contributed by atoms with Crippen LogP contribution in [0.1, 0.15) is 50.6 Å². The SMILES string of the molecule is Cc1nccn1CC(C)C(=O)N1CCN(Cc2noc(CCC(=O)N3CCC(C)CC3)n2)CC1. The van der Waals surface area contributed by atoms with Gasteiger partial charge in [0, 0.05) is 71.0 Å². The van der Waals surface area contributed by atoms with E-state index in [1.165, 1.54) is 0 Å². The third-order valence-electron chi connectivity index (χ3n) is 7.06. The molecule has 186 valence electrons. The zero-order chi connectivity index (χ0) is 24.1. The molecule has 10 heteroatoms. The van der Waals surface area contributed by atoms with Crippen molar-refractivity contribution < 1.29 is 14.1 Å². The van der Waals surface area contributed by atoms with Gasteiger partial charge in [0.05, 0.1) is 12.5 Å². The predicted molar refractivity (Wildman–Crippen MR) is 126 cm³/mol. The molecule has 0 aliphatic carbocycles. The number of amides is 2. The Morgan fingerprint density at radius 1 is 1.12 bits per heavy atom. The zero-order valence-electron chi connectivity index (χ0n) is 20.6. The van der Waals surface area contributed by atoms with Crippen LogP contribution >= 0.6 is 0 Å². The molecule has 2 aliphatic heterocycles. The largest absolute Gasteiger partial charge is 0.343 e. The first-order chi connectivity index (χ1) is 16.4. The molecule has 2 aliphatic rings. The Hall–Kier alpha value is -2.75. The molecule has 0 bridgehead atoms. The van der Waals surface area contributed by atoms with E-state index in [1.807, 2.05) is 34.4 Å². The monoisotopic (exact) mass is 471 g/mol. The molecule has 0 saturated carbocycles. The highest BCUT2D eigenvalue weighted by atomic mass is 16.5. The fraction of sp³-hybridized carbons (Fsp3) is 0.708. The second-order valence-corrected chi connectivity index (χ2v) is 9.80. The summed E-state index contributed by atoms with van der Waals surface area (Å²) in [5, 5.41) is 4.10. The minimum atomic E-state index is -0.0877. The molecular formula is C24H37N7O3. The summed E-state index contributed by atoms with van der Waals surface area (Å²) in [6.45, 7) is 12.1. The summed E-state index contributed by atoms with van der Waals surface area (Å²) in [6.07, 6.45) is 6.74. The average molecular weight is 472 g/mol. The Morgan fingerprint density at radius 3 is 2.53 bits per heavy atom. The van der Waals surface area contributed by atoms with E-state index in [0.717, 1.165) is 44.8 Å². The Balaban J connectivity index is 1.18. The summed E-state index contributed by atoms with van der Waals surface area (Å²) in [4.78, 5) is 40.2. The second kappa shape index (κ2) is 11.1. The first kappa shape index (κ1) is 24.4. The summed E-state index contributed by atoms with van der Waals surface area (Å²) in [5.41, 5.74) is 0. The van der Waals surface area contributed by atoms with Crippen LogP contribution < -0.4 is 0 Å². The third kappa shape index (κ3) is 6.22. The Kier molecular flexibility index (Phi) is 7.97. The van der Waals surface area contributed by atoms with Gasteiger partial charge in [-0.15, -0.1) is 0 Å². The van der Waals surface area contributed by atoms with Crippen molar-refractivity contribution in [3.63, 3.8) is 0 Å². The fourth-order valence-corrected chi connectivity index (χ4v) is 4.69. The fourth-order valence-electron chi connectivity index (χ4n) is 4.69. The van der Waals surface area contributed by atoms with E-state index in [-0.39, 0.29) is 17.7 Å². The van der Waals surface area contributed by atoms with Crippen LogP contribution in [-0.4, -0.2) is 85.5 Å². The van der Waals surface area contributed by atoms with Gasteiger partial charge in [0.15, 0.2) is 5.82 Å². The maximum Gasteiger partial charge on any atom is 0.227 e. The highest BCUT2D eigenvalue weighted by molar-refractivity contribution is 5.78. The minimum absolute atomic E-state index is 0.0877. The van der Waals surface area contributed by atoms with Crippen molar-refractivity contribution in [2.75, 3.05) is 39.3 Å². The quantitative estimate of drug-likeness (QED) is 0.578. The van der Waals surface area contributed by atoms with Gasteiger partial charge in [-0.25, -0.2) is 4.98 Å². The molecule has 4 heterocycles. The predicted octanol–water partition coefficient (Wildman–Crippen LogP) is 1.75. The van der Waals surface area contributed by atoms with Crippen molar-refractivity contribution in [2.24, 2.45) is 11.8 Å². The maximum atomic E-state index is 12.9. The van der Waals surface area contributed by atoms with Crippen LogP contribution in [0.15, 0.2) is 16.9 Å². The van der Waals surface area contributed by atoms with E-state index in [2.05, 4.69) is 26.9 Å². The summed E-state index contributed by atoms with van der Waals surface area (Å²) in [6, 6.07) is 0. The van der Waals surface area contributed by atoms with E-state index in [0.29, 0.717) is 56.7 Å². The van der Waals surface area contributed by atoms with E-state index in [1.54, 1.807) is 6.20 Å². The average Bonchev–Trinajstić information content (AvgIpc) is 3.46. The van der Waals surface area contributed by atoms with Gasteiger partial charge in [0.2, 0.25) is 17.7 Å². The molecule has 2 amide bonds. The first-order valence-corrected chi connectivity index (χ1v) is 12.5. The summed E-state index contributed by atoms with van der Waals surface area (Å²) < 4.78 is 7.40. The summed E-state index contributed by atoms with van der Waals surface area (Å²) in [7, 11) is 0. The van der Waals surface area contributed by atoms with Crippen molar-refractivity contribution in [1.29, 1.82) is 0 Å². The van der Waals surface area contributed by atoms with Crippen LogP contribution in [-0.2, 0) is 29.1 Å². The topological polar surface area (TPSA) is 101 Å². The second-order valence-electron chi connectivity index (χ2n) is 9.80. The van der Waals surface area contributed by atoms with E-state index in [4.69, 9.17) is 4.52 Å². The number of rotatable bonds is 8. The third-order valence-corrected chi connectivity index (χ3v) is 7.06. The van der Waals surface area contributed by atoms with Gasteiger partial charge in [0.1, 0.15) is 5.82 Å². The highest BCUT2D eigenvalue weighted by Crippen LogP contribution is 2.17. The van der Waals surface area contributed by atoms with Gasteiger partial charge in [-0.1, -0.05) is 19.0 Å².